The molecule has 0 spiro atoms. The summed E-state index contributed by atoms with van der Waals surface area (Å²) in [7, 11) is 0. The molecule has 1 aromatic carbocycles. The van der Waals surface area contributed by atoms with E-state index in [0.717, 1.165) is 18.2 Å². The summed E-state index contributed by atoms with van der Waals surface area (Å²) in [6, 6.07) is 6.62. The molecule has 3 amide bonds. The maximum atomic E-state index is 13.0. The average Bonchev–Trinajstić information content (AvgIpc) is 2.70. The lowest BCUT2D eigenvalue weighted by atomic mass is 10.1. The molecule has 0 saturated heterocycles. The molecule has 9 heteroatoms. The van der Waals surface area contributed by atoms with Gasteiger partial charge in [-0.25, -0.2) is 9.78 Å². The zero-order valence-electron chi connectivity index (χ0n) is 18.6. The number of amides is 3. The van der Waals surface area contributed by atoms with Crippen molar-refractivity contribution in [1.82, 2.24) is 20.2 Å². The zero-order valence-corrected chi connectivity index (χ0v) is 19.5. The molecule has 0 saturated carbocycles. The number of hydrogen-bond acceptors (Lipinski definition) is 6. The SMILES string of the molecule is CC(C)CCNC(=O)NC(=O)CSc1nc2ccccc2c(=O)n1CCCOC(C)C. The summed E-state index contributed by atoms with van der Waals surface area (Å²) in [5, 5.41) is 5.96. The van der Waals surface area contributed by atoms with E-state index in [1.54, 1.807) is 22.8 Å². The van der Waals surface area contributed by atoms with Gasteiger partial charge in [0, 0.05) is 19.7 Å². The van der Waals surface area contributed by atoms with E-state index in [9.17, 15) is 14.4 Å². The molecule has 1 heterocycles. The van der Waals surface area contributed by atoms with E-state index in [1.807, 2.05) is 19.9 Å². The van der Waals surface area contributed by atoms with E-state index in [1.165, 1.54) is 0 Å². The number of hydrogen-bond donors (Lipinski definition) is 2. The van der Waals surface area contributed by atoms with Crippen molar-refractivity contribution in [2.45, 2.75) is 58.3 Å². The molecule has 31 heavy (non-hydrogen) atoms. The number of fused-ring (bicyclic) bond motifs is 1. The lowest BCUT2D eigenvalue weighted by molar-refractivity contribution is -0.117. The quantitative estimate of drug-likeness (QED) is 0.311. The molecule has 0 aliphatic rings. The molecule has 2 N–H and O–H groups in total. The number of urea groups is 1. The Morgan fingerprint density at radius 1 is 1.19 bits per heavy atom. The highest BCUT2D eigenvalue weighted by Crippen LogP contribution is 2.18. The maximum Gasteiger partial charge on any atom is 0.321 e. The van der Waals surface area contributed by atoms with Gasteiger partial charge in [-0.3, -0.25) is 19.5 Å². The lowest BCUT2D eigenvalue weighted by Gasteiger charge is -2.14. The summed E-state index contributed by atoms with van der Waals surface area (Å²) < 4.78 is 7.14. The molecule has 0 bridgehead atoms. The van der Waals surface area contributed by atoms with E-state index in [-0.39, 0.29) is 17.4 Å². The number of ether oxygens (including phenoxy) is 1. The standard InChI is InChI=1S/C22H32N4O4S/c1-15(2)10-11-23-21(29)25-19(27)14-31-22-24-18-9-6-5-8-17(18)20(28)26(22)12-7-13-30-16(3)4/h5-6,8-9,15-16H,7,10-14H2,1-4H3,(H2,23,25,27,29). The van der Waals surface area contributed by atoms with Crippen molar-refractivity contribution in [1.29, 1.82) is 0 Å². The Bertz CT molecular complexity index is 943. The third-order valence-corrected chi connectivity index (χ3v) is 5.37. The van der Waals surface area contributed by atoms with Crippen molar-refractivity contribution in [3.05, 3.63) is 34.6 Å². The van der Waals surface area contributed by atoms with Gasteiger partial charge in [0.25, 0.3) is 5.56 Å². The van der Waals surface area contributed by atoms with Crippen LogP contribution in [-0.2, 0) is 16.1 Å². The first-order valence-electron chi connectivity index (χ1n) is 10.6. The number of carbonyl (C=O) groups is 2. The minimum absolute atomic E-state index is 0.0229. The van der Waals surface area contributed by atoms with Gasteiger partial charge in [-0.05, 0) is 44.7 Å². The third kappa shape index (κ3) is 8.34. The number of imide groups is 1. The monoisotopic (exact) mass is 448 g/mol. The van der Waals surface area contributed by atoms with Crippen molar-refractivity contribution < 1.29 is 14.3 Å². The van der Waals surface area contributed by atoms with Crippen LogP contribution in [-0.4, -0.2) is 46.5 Å². The Morgan fingerprint density at radius 2 is 1.94 bits per heavy atom. The van der Waals surface area contributed by atoms with Crippen LogP contribution in [0, 0.1) is 5.92 Å². The fourth-order valence-corrected chi connectivity index (χ4v) is 3.63. The molecule has 0 atom stereocenters. The van der Waals surface area contributed by atoms with Gasteiger partial charge in [0.2, 0.25) is 5.91 Å². The summed E-state index contributed by atoms with van der Waals surface area (Å²) in [6.07, 6.45) is 1.61. The van der Waals surface area contributed by atoms with Crippen molar-refractivity contribution in [3.63, 3.8) is 0 Å². The number of nitrogens with zero attached hydrogens (tertiary/aromatic N) is 2. The number of nitrogens with one attached hydrogen (secondary N) is 2. The summed E-state index contributed by atoms with van der Waals surface area (Å²) in [5.74, 6) is 0.00238. The van der Waals surface area contributed by atoms with Gasteiger partial charge in [0.1, 0.15) is 0 Å². The Labute approximate surface area is 187 Å². The minimum atomic E-state index is -0.513. The normalized spacial score (nSPS) is 11.3. The summed E-state index contributed by atoms with van der Waals surface area (Å²) >= 11 is 1.14. The van der Waals surface area contributed by atoms with E-state index < -0.39 is 11.9 Å². The number of benzene rings is 1. The number of para-hydroxylation sites is 1. The molecule has 2 aromatic rings. The van der Waals surface area contributed by atoms with Crippen LogP contribution >= 0.6 is 11.8 Å². The second-order valence-corrected chi connectivity index (χ2v) is 8.86. The highest BCUT2D eigenvalue weighted by molar-refractivity contribution is 7.99. The lowest BCUT2D eigenvalue weighted by Crippen LogP contribution is -2.41. The van der Waals surface area contributed by atoms with Gasteiger partial charge in [-0.1, -0.05) is 37.7 Å². The predicted octanol–water partition coefficient (Wildman–Crippen LogP) is 3.18. The molecular weight excluding hydrogens is 416 g/mol. The van der Waals surface area contributed by atoms with Gasteiger partial charge < -0.3 is 10.1 Å². The smallest absolute Gasteiger partial charge is 0.321 e. The fourth-order valence-electron chi connectivity index (χ4n) is 2.81. The van der Waals surface area contributed by atoms with Crippen molar-refractivity contribution >= 4 is 34.6 Å². The van der Waals surface area contributed by atoms with Gasteiger partial charge >= 0.3 is 6.03 Å². The van der Waals surface area contributed by atoms with Crippen LogP contribution in [0.1, 0.15) is 40.5 Å². The Balaban J connectivity index is 2.05. The van der Waals surface area contributed by atoms with Gasteiger partial charge in [0.05, 0.1) is 22.8 Å². The second-order valence-electron chi connectivity index (χ2n) is 7.92. The fraction of sp³-hybridized carbons (Fsp3) is 0.545. The van der Waals surface area contributed by atoms with Crippen molar-refractivity contribution in [2.24, 2.45) is 5.92 Å². The predicted molar refractivity (Wildman–Crippen MR) is 123 cm³/mol. The van der Waals surface area contributed by atoms with Crippen LogP contribution in [0.15, 0.2) is 34.2 Å². The van der Waals surface area contributed by atoms with Gasteiger partial charge in [-0.15, -0.1) is 0 Å². The largest absolute Gasteiger partial charge is 0.379 e. The summed E-state index contributed by atoms with van der Waals surface area (Å²) in [4.78, 5) is 41.6. The molecular formula is C22H32N4O4S. The number of aromatic nitrogens is 2. The van der Waals surface area contributed by atoms with Crippen molar-refractivity contribution in [3.8, 4) is 0 Å². The molecule has 0 aliphatic heterocycles. The van der Waals surface area contributed by atoms with Crippen LogP contribution in [0.4, 0.5) is 4.79 Å². The van der Waals surface area contributed by atoms with E-state index in [2.05, 4.69) is 29.5 Å². The minimum Gasteiger partial charge on any atom is -0.379 e. The first kappa shape index (κ1) is 24.9. The maximum absolute atomic E-state index is 13.0. The van der Waals surface area contributed by atoms with E-state index in [4.69, 9.17) is 4.74 Å². The molecule has 8 nitrogen and oxygen atoms in total. The number of thioether (sulfide) groups is 1. The molecule has 2 rings (SSSR count). The Kier molecular flexibility index (Phi) is 10.00. The van der Waals surface area contributed by atoms with Gasteiger partial charge in [-0.2, -0.15) is 0 Å². The highest BCUT2D eigenvalue weighted by Gasteiger charge is 2.14. The van der Waals surface area contributed by atoms with Crippen LogP contribution in [0.3, 0.4) is 0 Å². The first-order valence-corrected chi connectivity index (χ1v) is 11.6. The molecule has 0 radical (unpaired) electrons. The van der Waals surface area contributed by atoms with E-state index >= 15 is 0 Å². The molecule has 0 unspecified atom stereocenters. The van der Waals surface area contributed by atoms with Gasteiger partial charge in [0.15, 0.2) is 5.16 Å². The molecule has 0 aliphatic carbocycles. The van der Waals surface area contributed by atoms with Crippen LogP contribution in [0.2, 0.25) is 0 Å². The van der Waals surface area contributed by atoms with Crippen molar-refractivity contribution in [2.75, 3.05) is 18.9 Å². The van der Waals surface area contributed by atoms with Crippen LogP contribution in [0.25, 0.3) is 10.9 Å². The first-order chi connectivity index (χ1) is 14.8. The summed E-state index contributed by atoms with van der Waals surface area (Å²) in [5.41, 5.74) is 0.431. The number of carbonyl (C=O) groups excluding carboxylic acids is 2. The van der Waals surface area contributed by atoms with Crippen LogP contribution in [0.5, 0.6) is 0 Å². The molecule has 0 fully saturated rings. The van der Waals surface area contributed by atoms with Crippen LogP contribution < -0.4 is 16.2 Å². The summed E-state index contributed by atoms with van der Waals surface area (Å²) in [6.45, 7) is 9.51. The Hall–Kier alpha value is -2.39. The number of rotatable bonds is 11. The van der Waals surface area contributed by atoms with E-state index in [0.29, 0.717) is 48.1 Å². The Morgan fingerprint density at radius 3 is 2.65 bits per heavy atom. The highest BCUT2D eigenvalue weighted by atomic mass is 32.2. The average molecular weight is 449 g/mol. The molecule has 170 valence electrons. The molecule has 1 aromatic heterocycles. The third-order valence-electron chi connectivity index (χ3n) is 4.40. The zero-order chi connectivity index (χ0) is 22.8. The topological polar surface area (TPSA) is 102 Å². The second kappa shape index (κ2) is 12.5.